The van der Waals surface area contributed by atoms with Crippen LogP contribution in [0.4, 0.5) is 0 Å². The maximum atomic E-state index is 12.7. The van der Waals surface area contributed by atoms with Gasteiger partial charge in [-0.3, -0.25) is 9.36 Å². The van der Waals surface area contributed by atoms with Crippen molar-refractivity contribution in [1.29, 1.82) is 0 Å². The summed E-state index contributed by atoms with van der Waals surface area (Å²) in [5, 5.41) is 0. The second kappa shape index (κ2) is 6.03. The number of hydrogen-bond donors (Lipinski definition) is 1. The first-order valence-corrected chi connectivity index (χ1v) is 9.16. The lowest BCUT2D eigenvalue weighted by molar-refractivity contribution is 0.504. The maximum absolute atomic E-state index is 12.7. The van der Waals surface area contributed by atoms with E-state index in [-0.39, 0.29) is 6.04 Å². The first kappa shape index (κ1) is 16.7. The summed E-state index contributed by atoms with van der Waals surface area (Å²) in [5.74, 6) is 0. The van der Waals surface area contributed by atoms with E-state index in [1.54, 1.807) is 0 Å². The molecule has 0 saturated carbocycles. The number of aromatic nitrogens is 2. The predicted octanol–water partition coefficient (Wildman–Crippen LogP) is 0.440. The van der Waals surface area contributed by atoms with Gasteiger partial charge in [0, 0.05) is 26.3 Å². The van der Waals surface area contributed by atoms with Gasteiger partial charge in [0.05, 0.1) is 0 Å². The third-order valence-electron chi connectivity index (χ3n) is 4.37. The Morgan fingerprint density at radius 1 is 1.17 bits per heavy atom. The van der Waals surface area contributed by atoms with Crippen LogP contribution in [0.2, 0.25) is 0 Å². The standard InChI is InChI=1S/C16H19N3O4S/c1-18-10-14(15(20)19(2)16(18)21)24(22,23)17-13-9-5-7-11-6-3-4-8-12(11)13/h3-4,6,8,10,13,17H,5,7,9H2,1-2H3/t13-/m0/s1. The molecule has 1 heterocycles. The highest BCUT2D eigenvalue weighted by atomic mass is 32.2. The first-order valence-electron chi connectivity index (χ1n) is 7.68. The van der Waals surface area contributed by atoms with Crippen LogP contribution in [0.25, 0.3) is 0 Å². The Morgan fingerprint density at radius 3 is 2.62 bits per heavy atom. The summed E-state index contributed by atoms with van der Waals surface area (Å²) in [4.78, 5) is 23.5. The van der Waals surface area contributed by atoms with Gasteiger partial charge in [-0.15, -0.1) is 0 Å². The Hall–Kier alpha value is -2.19. The van der Waals surface area contributed by atoms with Gasteiger partial charge in [0.15, 0.2) is 4.90 Å². The van der Waals surface area contributed by atoms with Crippen LogP contribution in [-0.2, 0) is 30.5 Å². The molecule has 128 valence electrons. The van der Waals surface area contributed by atoms with E-state index >= 15 is 0 Å². The third kappa shape index (κ3) is 2.83. The summed E-state index contributed by atoms with van der Waals surface area (Å²) < 4.78 is 29.9. The molecule has 0 fully saturated rings. The molecule has 1 aromatic heterocycles. The van der Waals surface area contributed by atoms with Crippen LogP contribution in [0.5, 0.6) is 0 Å². The number of nitrogens with zero attached hydrogens (tertiary/aromatic N) is 2. The zero-order chi connectivity index (χ0) is 17.5. The van der Waals surface area contributed by atoms with Crippen LogP contribution in [0.15, 0.2) is 44.9 Å². The Morgan fingerprint density at radius 2 is 1.88 bits per heavy atom. The van der Waals surface area contributed by atoms with Gasteiger partial charge < -0.3 is 4.57 Å². The van der Waals surface area contributed by atoms with E-state index in [2.05, 4.69) is 4.72 Å². The molecular weight excluding hydrogens is 330 g/mol. The highest BCUT2D eigenvalue weighted by molar-refractivity contribution is 7.89. The molecule has 0 spiro atoms. The fraction of sp³-hybridized carbons (Fsp3) is 0.375. The van der Waals surface area contributed by atoms with E-state index in [1.165, 1.54) is 14.1 Å². The minimum atomic E-state index is -4.04. The van der Waals surface area contributed by atoms with Crippen LogP contribution in [0, 0.1) is 0 Å². The Balaban J connectivity index is 2.03. The van der Waals surface area contributed by atoms with Crippen molar-refractivity contribution >= 4 is 10.0 Å². The van der Waals surface area contributed by atoms with Gasteiger partial charge >= 0.3 is 5.69 Å². The molecular formula is C16H19N3O4S. The number of hydrogen-bond acceptors (Lipinski definition) is 4. The number of aryl methyl sites for hydroxylation is 2. The minimum absolute atomic E-state index is 0.373. The molecule has 1 aliphatic carbocycles. The molecule has 1 aromatic carbocycles. The second-order valence-electron chi connectivity index (χ2n) is 6.02. The summed E-state index contributed by atoms with van der Waals surface area (Å²) >= 11 is 0. The number of benzene rings is 1. The van der Waals surface area contributed by atoms with Gasteiger partial charge in [-0.2, -0.15) is 0 Å². The van der Waals surface area contributed by atoms with Crippen molar-refractivity contribution in [2.75, 3.05) is 0 Å². The van der Waals surface area contributed by atoms with Gasteiger partial charge in [-0.05, 0) is 30.4 Å². The van der Waals surface area contributed by atoms with Gasteiger partial charge in [0.1, 0.15) is 0 Å². The largest absolute Gasteiger partial charge is 0.330 e. The molecule has 1 N–H and O–H groups in total. The molecule has 8 heteroatoms. The predicted molar refractivity (Wildman–Crippen MR) is 89.4 cm³/mol. The minimum Gasteiger partial charge on any atom is -0.302 e. The molecule has 0 bridgehead atoms. The quantitative estimate of drug-likeness (QED) is 0.871. The molecule has 0 aliphatic heterocycles. The molecule has 24 heavy (non-hydrogen) atoms. The Labute approximate surface area is 139 Å². The number of fused-ring (bicyclic) bond motifs is 1. The van der Waals surface area contributed by atoms with Gasteiger partial charge in [-0.1, -0.05) is 24.3 Å². The molecule has 0 saturated heterocycles. The van der Waals surface area contributed by atoms with Crippen molar-refractivity contribution in [1.82, 2.24) is 13.9 Å². The average Bonchev–Trinajstić information content (AvgIpc) is 2.56. The van der Waals surface area contributed by atoms with Gasteiger partial charge in [0.2, 0.25) is 10.0 Å². The van der Waals surface area contributed by atoms with Crippen molar-refractivity contribution in [2.45, 2.75) is 30.2 Å². The van der Waals surface area contributed by atoms with Gasteiger partial charge in [0.25, 0.3) is 5.56 Å². The maximum Gasteiger partial charge on any atom is 0.330 e. The van der Waals surface area contributed by atoms with Crippen molar-refractivity contribution in [3.63, 3.8) is 0 Å². The Bertz CT molecular complexity index is 1000. The molecule has 1 atom stereocenters. The lowest BCUT2D eigenvalue weighted by Gasteiger charge is -2.26. The first-order chi connectivity index (χ1) is 11.3. The molecule has 0 radical (unpaired) electrons. The number of nitrogens with one attached hydrogen (secondary N) is 1. The second-order valence-corrected chi connectivity index (χ2v) is 7.70. The molecule has 2 aromatic rings. The molecule has 1 aliphatic rings. The highest BCUT2D eigenvalue weighted by Gasteiger charge is 2.28. The van der Waals surface area contributed by atoms with Gasteiger partial charge in [-0.25, -0.2) is 17.9 Å². The van der Waals surface area contributed by atoms with Crippen LogP contribution >= 0.6 is 0 Å². The molecule has 0 amide bonds. The van der Waals surface area contributed by atoms with Crippen molar-refractivity contribution in [2.24, 2.45) is 14.1 Å². The summed E-state index contributed by atoms with van der Waals surface area (Å²) in [7, 11) is -1.36. The highest BCUT2D eigenvalue weighted by Crippen LogP contribution is 2.30. The number of sulfonamides is 1. The van der Waals surface area contributed by atoms with E-state index in [4.69, 9.17) is 0 Å². The molecule has 7 nitrogen and oxygen atoms in total. The number of rotatable bonds is 3. The van der Waals surface area contributed by atoms with Crippen molar-refractivity contribution < 1.29 is 8.42 Å². The van der Waals surface area contributed by atoms with E-state index in [0.29, 0.717) is 6.42 Å². The molecule has 3 rings (SSSR count). The topological polar surface area (TPSA) is 90.2 Å². The van der Waals surface area contributed by atoms with Crippen LogP contribution in [0.1, 0.15) is 30.0 Å². The summed E-state index contributed by atoms with van der Waals surface area (Å²) in [6, 6.07) is 7.32. The normalized spacial score (nSPS) is 17.5. The lowest BCUT2D eigenvalue weighted by atomic mass is 9.88. The zero-order valence-corrected chi connectivity index (χ0v) is 14.3. The zero-order valence-electron chi connectivity index (χ0n) is 13.5. The van der Waals surface area contributed by atoms with Crippen molar-refractivity contribution in [3.8, 4) is 0 Å². The summed E-state index contributed by atoms with van der Waals surface area (Å²) in [6.45, 7) is 0. The summed E-state index contributed by atoms with van der Waals surface area (Å²) in [5.41, 5.74) is 0.662. The SMILES string of the molecule is Cn1cc(S(=O)(=O)N[C@H]2CCCc3ccccc32)c(=O)n(C)c1=O. The van der Waals surface area contributed by atoms with E-state index < -0.39 is 26.2 Å². The Kier molecular flexibility index (Phi) is 4.18. The fourth-order valence-electron chi connectivity index (χ4n) is 3.09. The smallest absolute Gasteiger partial charge is 0.302 e. The summed E-state index contributed by atoms with van der Waals surface area (Å²) in [6.07, 6.45) is 3.52. The monoisotopic (exact) mass is 349 g/mol. The van der Waals surface area contributed by atoms with Crippen LogP contribution in [-0.4, -0.2) is 17.6 Å². The van der Waals surface area contributed by atoms with Crippen LogP contribution < -0.4 is 16.0 Å². The molecule has 0 unspecified atom stereocenters. The van der Waals surface area contributed by atoms with E-state index in [1.807, 2.05) is 24.3 Å². The van der Waals surface area contributed by atoms with Crippen LogP contribution in [0.3, 0.4) is 0 Å². The van der Waals surface area contributed by atoms with E-state index in [0.717, 1.165) is 39.3 Å². The van der Waals surface area contributed by atoms with Crippen molar-refractivity contribution in [3.05, 3.63) is 62.4 Å². The fourth-order valence-corrected chi connectivity index (χ4v) is 4.50. The average molecular weight is 349 g/mol. The lowest BCUT2D eigenvalue weighted by Crippen LogP contribution is -2.42. The van der Waals surface area contributed by atoms with E-state index in [9.17, 15) is 18.0 Å². The third-order valence-corrected chi connectivity index (χ3v) is 5.83.